The van der Waals surface area contributed by atoms with Crippen LogP contribution in [0.1, 0.15) is 42.1 Å². The molecule has 4 rings (SSSR count). The van der Waals surface area contributed by atoms with Crippen molar-refractivity contribution in [2.45, 2.75) is 45.2 Å². The van der Waals surface area contributed by atoms with Gasteiger partial charge in [-0.05, 0) is 87.7 Å². The van der Waals surface area contributed by atoms with E-state index >= 15 is 0 Å². The molecule has 30 heavy (non-hydrogen) atoms. The van der Waals surface area contributed by atoms with E-state index < -0.39 is 0 Å². The van der Waals surface area contributed by atoms with Crippen LogP contribution in [-0.2, 0) is 0 Å². The third-order valence-electron chi connectivity index (χ3n) is 6.68. The van der Waals surface area contributed by atoms with Gasteiger partial charge in [-0.3, -0.25) is 9.69 Å². The fourth-order valence-corrected chi connectivity index (χ4v) is 4.93. The zero-order valence-corrected chi connectivity index (χ0v) is 18.7. The highest BCUT2D eigenvalue weighted by Crippen LogP contribution is 2.31. The average molecular weight is 407 g/mol. The van der Waals surface area contributed by atoms with Crippen LogP contribution < -0.4 is 15.1 Å². The summed E-state index contributed by atoms with van der Waals surface area (Å²) in [6, 6.07) is 15.4. The minimum absolute atomic E-state index is 0.0725. The summed E-state index contributed by atoms with van der Waals surface area (Å²) >= 11 is 0. The number of carbonyl (C=O) groups is 1. The van der Waals surface area contributed by atoms with Crippen LogP contribution in [0, 0.1) is 6.92 Å². The molecular weight excluding hydrogens is 372 g/mol. The Bertz CT molecular complexity index is 893. The van der Waals surface area contributed by atoms with Gasteiger partial charge in [-0.25, -0.2) is 0 Å². The Morgan fingerprint density at radius 3 is 2.47 bits per heavy atom. The van der Waals surface area contributed by atoms with Crippen molar-refractivity contribution in [3.05, 3.63) is 53.6 Å². The Morgan fingerprint density at radius 2 is 1.83 bits per heavy atom. The van der Waals surface area contributed by atoms with Crippen LogP contribution in [0.5, 0.6) is 0 Å². The maximum Gasteiger partial charge on any atom is 0.255 e. The van der Waals surface area contributed by atoms with Crippen molar-refractivity contribution in [1.29, 1.82) is 0 Å². The molecular formula is C25H34N4O. The number of hydrogen-bond donors (Lipinski definition) is 1. The normalized spacial score (nSPS) is 21.8. The van der Waals surface area contributed by atoms with Crippen molar-refractivity contribution >= 4 is 23.0 Å². The van der Waals surface area contributed by atoms with E-state index in [1.165, 1.54) is 37.1 Å². The van der Waals surface area contributed by atoms with Crippen LogP contribution in [0.2, 0.25) is 0 Å². The van der Waals surface area contributed by atoms with Gasteiger partial charge < -0.3 is 15.1 Å². The Kier molecular flexibility index (Phi) is 6.00. The number of nitrogens with zero attached hydrogens (tertiary/aromatic N) is 3. The molecule has 2 fully saturated rings. The highest BCUT2D eigenvalue weighted by molar-refractivity contribution is 6.04. The molecule has 5 heteroatoms. The van der Waals surface area contributed by atoms with E-state index in [4.69, 9.17) is 0 Å². The molecule has 0 aliphatic carbocycles. The summed E-state index contributed by atoms with van der Waals surface area (Å²) in [7, 11) is 3.99. The Balaban J connectivity index is 1.40. The van der Waals surface area contributed by atoms with Gasteiger partial charge in [0, 0.05) is 61.9 Å². The van der Waals surface area contributed by atoms with Crippen molar-refractivity contribution in [3.8, 4) is 0 Å². The second-order valence-electron chi connectivity index (χ2n) is 9.01. The number of benzene rings is 2. The van der Waals surface area contributed by atoms with Crippen molar-refractivity contribution < 1.29 is 4.79 Å². The zero-order valence-electron chi connectivity index (χ0n) is 18.7. The van der Waals surface area contributed by atoms with E-state index in [0.717, 1.165) is 30.5 Å². The highest BCUT2D eigenvalue weighted by atomic mass is 16.1. The molecule has 2 aliphatic rings. The Labute approximate surface area is 180 Å². The molecule has 0 saturated carbocycles. The third kappa shape index (κ3) is 4.31. The average Bonchev–Trinajstić information content (AvgIpc) is 3.37. The van der Waals surface area contributed by atoms with E-state index in [9.17, 15) is 4.79 Å². The van der Waals surface area contributed by atoms with Gasteiger partial charge in [0.25, 0.3) is 5.91 Å². The molecule has 2 aromatic carbocycles. The van der Waals surface area contributed by atoms with Gasteiger partial charge in [0.2, 0.25) is 0 Å². The predicted octanol–water partition coefficient (Wildman–Crippen LogP) is 4.38. The maximum atomic E-state index is 12.6. The molecule has 2 heterocycles. The topological polar surface area (TPSA) is 38.8 Å². The van der Waals surface area contributed by atoms with Gasteiger partial charge in [0.05, 0.1) is 0 Å². The molecule has 2 unspecified atom stereocenters. The zero-order chi connectivity index (χ0) is 21.3. The fraction of sp³-hybridized carbons (Fsp3) is 0.480. The van der Waals surface area contributed by atoms with Crippen molar-refractivity contribution in [1.82, 2.24) is 4.90 Å². The van der Waals surface area contributed by atoms with Crippen LogP contribution in [0.3, 0.4) is 0 Å². The van der Waals surface area contributed by atoms with Gasteiger partial charge in [0.1, 0.15) is 0 Å². The first kappa shape index (κ1) is 20.7. The molecule has 5 nitrogen and oxygen atoms in total. The smallest absolute Gasteiger partial charge is 0.255 e. The summed E-state index contributed by atoms with van der Waals surface area (Å²) in [6.07, 6.45) is 3.91. The summed E-state index contributed by atoms with van der Waals surface area (Å²) in [4.78, 5) is 19.9. The predicted molar refractivity (Wildman–Crippen MR) is 126 cm³/mol. The highest BCUT2D eigenvalue weighted by Gasteiger charge is 2.33. The minimum atomic E-state index is -0.0725. The first-order valence-corrected chi connectivity index (χ1v) is 11.1. The summed E-state index contributed by atoms with van der Waals surface area (Å²) in [5.41, 5.74) is 5.11. The number of aryl methyl sites for hydroxylation is 1. The summed E-state index contributed by atoms with van der Waals surface area (Å²) in [5, 5.41) is 3.05. The standard InChI is InChI=1S/C25H34N4O/c1-18-16-21(26-25(30)20-7-10-22(11-8-20)27(3)4)9-12-24(18)28-15-13-23(17-28)29-14-5-6-19(29)2/h7-12,16,19,23H,5-6,13-15,17H2,1-4H3,(H,26,30). The maximum absolute atomic E-state index is 12.6. The monoisotopic (exact) mass is 406 g/mol. The summed E-state index contributed by atoms with van der Waals surface area (Å²) < 4.78 is 0. The first-order chi connectivity index (χ1) is 14.4. The molecule has 2 saturated heterocycles. The second-order valence-corrected chi connectivity index (χ2v) is 9.01. The van der Waals surface area contributed by atoms with Crippen LogP contribution >= 0.6 is 0 Å². The summed E-state index contributed by atoms with van der Waals surface area (Å²) in [6.45, 7) is 7.97. The number of carbonyl (C=O) groups excluding carboxylic acids is 1. The molecule has 1 amide bonds. The van der Waals surface area contributed by atoms with Crippen LogP contribution in [0.25, 0.3) is 0 Å². The van der Waals surface area contributed by atoms with E-state index in [2.05, 4.69) is 41.1 Å². The number of nitrogens with one attached hydrogen (secondary N) is 1. The lowest BCUT2D eigenvalue weighted by Gasteiger charge is -2.29. The quantitative estimate of drug-likeness (QED) is 0.800. The van der Waals surface area contributed by atoms with Crippen LogP contribution in [0.4, 0.5) is 17.1 Å². The molecule has 160 valence electrons. The fourth-order valence-electron chi connectivity index (χ4n) is 4.93. The number of likely N-dealkylation sites (tertiary alicyclic amines) is 1. The van der Waals surface area contributed by atoms with Gasteiger partial charge in [0.15, 0.2) is 0 Å². The molecule has 2 atom stereocenters. The number of rotatable bonds is 5. The van der Waals surface area contributed by atoms with Gasteiger partial charge in [-0.1, -0.05) is 0 Å². The van der Waals surface area contributed by atoms with E-state index in [0.29, 0.717) is 11.6 Å². The van der Waals surface area contributed by atoms with E-state index in [1.54, 1.807) is 0 Å². The molecule has 0 radical (unpaired) electrons. The molecule has 0 bridgehead atoms. The Hall–Kier alpha value is -2.53. The largest absolute Gasteiger partial charge is 0.378 e. The number of anilines is 3. The van der Waals surface area contributed by atoms with Gasteiger partial charge in [-0.15, -0.1) is 0 Å². The van der Waals surface area contributed by atoms with Crippen molar-refractivity contribution in [2.24, 2.45) is 0 Å². The van der Waals surface area contributed by atoms with Gasteiger partial charge in [-0.2, -0.15) is 0 Å². The molecule has 2 aromatic rings. The van der Waals surface area contributed by atoms with Gasteiger partial charge >= 0.3 is 0 Å². The van der Waals surface area contributed by atoms with E-state index in [1.807, 2.05) is 49.3 Å². The lowest BCUT2D eigenvalue weighted by Crippen LogP contribution is -2.39. The second kappa shape index (κ2) is 8.68. The molecule has 0 spiro atoms. The first-order valence-electron chi connectivity index (χ1n) is 11.1. The van der Waals surface area contributed by atoms with Crippen molar-refractivity contribution in [3.63, 3.8) is 0 Å². The minimum Gasteiger partial charge on any atom is -0.378 e. The van der Waals surface area contributed by atoms with Crippen molar-refractivity contribution in [2.75, 3.05) is 48.8 Å². The van der Waals surface area contributed by atoms with Crippen LogP contribution in [-0.4, -0.2) is 56.6 Å². The lowest BCUT2D eigenvalue weighted by atomic mass is 10.1. The SMILES string of the molecule is Cc1cc(NC(=O)c2ccc(N(C)C)cc2)ccc1N1CCC(N2CCCC2C)C1. The number of hydrogen-bond acceptors (Lipinski definition) is 4. The summed E-state index contributed by atoms with van der Waals surface area (Å²) in [5.74, 6) is -0.0725. The Morgan fingerprint density at radius 1 is 1.07 bits per heavy atom. The third-order valence-corrected chi connectivity index (χ3v) is 6.68. The lowest BCUT2D eigenvalue weighted by molar-refractivity contribution is 0.102. The molecule has 2 aliphatic heterocycles. The molecule has 1 N–H and O–H groups in total. The number of amides is 1. The molecule has 0 aromatic heterocycles. The van der Waals surface area contributed by atoms with E-state index in [-0.39, 0.29) is 5.91 Å². The van der Waals surface area contributed by atoms with Crippen LogP contribution in [0.15, 0.2) is 42.5 Å².